The van der Waals surface area contributed by atoms with E-state index in [2.05, 4.69) is 31.9 Å². The number of halogens is 3. The van der Waals surface area contributed by atoms with E-state index in [-0.39, 0.29) is 5.91 Å². The van der Waals surface area contributed by atoms with Gasteiger partial charge in [0.25, 0.3) is 5.91 Å². The second-order valence-electron chi connectivity index (χ2n) is 4.75. The number of amides is 1. The van der Waals surface area contributed by atoms with Crippen LogP contribution in [0.1, 0.15) is 36.0 Å². The molecule has 0 N–H and O–H groups in total. The van der Waals surface area contributed by atoms with Gasteiger partial charge in [0, 0.05) is 22.4 Å². The van der Waals surface area contributed by atoms with Crippen molar-refractivity contribution in [2.24, 2.45) is 0 Å². The highest BCUT2D eigenvalue weighted by Crippen LogP contribution is 2.28. The Kier molecular flexibility index (Phi) is 5.72. The first kappa shape index (κ1) is 15.3. The van der Waals surface area contributed by atoms with Crippen molar-refractivity contribution >= 4 is 49.4 Å². The first-order valence-electron chi connectivity index (χ1n) is 6.45. The molecule has 0 aromatic heterocycles. The van der Waals surface area contributed by atoms with Gasteiger partial charge in [-0.1, -0.05) is 43.5 Å². The van der Waals surface area contributed by atoms with Gasteiger partial charge in [0.1, 0.15) is 0 Å². The minimum Gasteiger partial charge on any atom is -0.336 e. The molecule has 104 valence electrons. The molecule has 1 saturated heterocycles. The number of benzene rings is 1. The fourth-order valence-electron chi connectivity index (χ4n) is 2.53. The molecule has 0 bridgehead atoms. The largest absolute Gasteiger partial charge is 0.336 e. The summed E-state index contributed by atoms with van der Waals surface area (Å²) in [6.07, 6.45) is 4.35. The van der Waals surface area contributed by atoms with Gasteiger partial charge in [-0.05, 0) is 43.9 Å². The molecule has 1 aromatic carbocycles. The summed E-state index contributed by atoms with van der Waals surface area (Å²) in [5.41, 5.74) is 0.599. The molecule has 1 aromatic rings. The van der Waals surface area contributed by atoms with E-state index in [0.717, 1.165) is 42.0 Å². The van der Waals surface area contributed by atoms with E-state index < -0.39 is 0 Å². The van der Waals surface area contributed by atoms with Crippen LogP contribution in [0, 0.1) is 0 Å². The number of carbonyl (C=O) groups is 1. The molecule has 1 atom stereocenters. The van der Waals surface area contributed by atoms with E-state index in [1.165, 1.54) is 0 Å². The zero-order valence-electron chi connectivity index (χ0n) is 10.5. The Morgan fingerprint density at radius 2 is 2.26 bits per heavy atom. The van der Waals surface area contributed by atoms with Crippen molar-refractivity contribution in [2.45, 2.75) is 31.7 Å². The van der Waals surface area contributed by atoms with Crippen LogP contribution >= 0.6 is 43.5 Å². The molecular weight excluding hydrogens is 393 g/mol. The number of rotatable bonds is 4. The predicted molar refractivity (Wildman–Crippen MR) is 86.2 cm³/mol. The second kappa shape index (κ2) is 7.09. The Labute approximate surface area is 135 Å². The average Bonchev–Trinajstić information content (AvgIpc) is 2.86. The van der Waals surface area contributed by atoms with Gasteiger partial charge in [-0.15, -0.1) is 0 Å². The van der Waals surface area contributed by atoms with Gasteiger partial charge in [0.05, 0.1) is 10.6 Å². The molecule has 1 aliphatic heterocycles. The minimum absolute atomic E-state index is 0.0587. The van der Waals surface area contributed by atoms with E-state index in [1.807, 2.05) is 17.0 Å². The Balaban J connectivity index is 2.16. The molecule has 5 heteroatoms. The van der Waals surface area contributed by atoms with E-state index in [0.29, 0.717) is 16.6 Å². The van der Waals surface area contributed by atoms with Crippen molar-refractivity contribution in [1.82, 2.24) is 4.90 Å². The molecular formula is C14H16Br2ClNO. The normalized spacial score (nSPS) is 18.9. The number of likely N-dealkylation sites (tertiary alicyclic amines) is 1. The quantitative estimate of drug-likeness (QED) is 0.649. The molecule has 2 rings (SSSR count). The van der Waals surface area contributed by atoms with Crippen LogP contribution in [-0.4, -0.2) is 28.7 Å². The fourth-order valence-corrected chi connectivity index (χ4v) is 3.42. The van der Waals surface area contributed by atoms with Crippen LogP contribution in [0.2, 0.25) is 5.02 Å². The van der Waals surface area contributed by atoms with Gasteiger partial charge in [-0.2, -0.15) is 0 Å². The molecule has 0 aliphatic carbocycles. The second-order valence-corrected chi connectivity index (χ2v) is 6.87. The number of hydrogen-bond donors (Lipinski definition) is 0. The molecule has 19 heavy (non-hydrogen) atoms. The number of alkyl halides is 1. The molecule has 1 heterocycles. The lowest BCUT2D eigenvalue weighted by atomic mass is 10.1. The summed E-state index contributed by atoms with van der Waals surface area (Å²) in [4.78, 5) is 14.6. The summed E-state index contributed by atoms with van der Waals surface area (Å²) in [5, 5.41) is 1.52. The molecule has 1 aliphatic rings. The van der Waals surface area contributed by atoms with Gasteiger partial charge < -0.3 is 4.90 Å². The lowest BCUT2D eigenvalue weighted by Crippen LogP contribution is -2.35. The number of nitrogens with zero attached hydrogens (tertiary/aromatic N) is 1. The summed E-state index contributed by atoms with van der Waals surface area (Å²) in [7, 11) is 0. The topological polar surface area (TPSA) is 20.3 Å². The lowest BCUT2D eigenvalue weighted by Gasteiger charge is -2.25. The third kappa shape index (κ3) is 3.73. The highest BCUT2D eigenvalue weighted by atomic mass is 79.9. The molecule has 1 amide bonds. The standard InChI is InChI=1S/C14H16Br2ClNO/c15-7-1-3-11-4-2-8-18(11)14(19)12-9-10(16)5-6-13(12)17/h5-6,9,11H,1-4,7-8H2. The lowest BCUT2D eigenvalue weighted by molar-refractivity contribution is 0.0730. The van der Waals surface area contributed by atoms with Crippen molar-refractivity contribution in [3.63, 3.8) is 0 Å². The van der Waals surface area contributed by atoms with Gasteiger partial charge in [-0.3, -0.25) is 4.79 Å². The zero-order chi connectivity index (χ0) is 13.8. The summed E-state index contributed by atoms with van der Waals surface area (Å²) in [6.45, 7) is 0.842. The highest BCUT2D eigenvalue weighted by molar-refractivity contribution is 9.10. The molecule has 2 nitrogen and oxygen atoms in total. The molecule has 0 spiro atoms. The van der Waals surface area contributed by atoms with Crippen LogP contribution in [0.5, 0.6) is 0 Å². The SMILES string of the molecule is O=C(c1cc(Br)ccc1Cl)N1CCCC1CCCBr. The van der Waals surface area contributed by atoms with Crippen LogP contribution < -0.4 is 0 Å². The number of carbonyl (C=O) groups excluding carboxylic acids is 1. The van der Waals surface area contributed by atoms with Crippen LogP contribution in [0.15, 0.2) is 22.7 Å². The maximum Gasteiger partial charge on any atom is 0.255 e. The third-order valence-corrected chi connectivity index (χ3v) is 4.85. The minimum atomic E-state index is 0.0587. The van der Waals surface area contributed by atoms with Gasteiger partial charge in [-0.25, -0.2) is 0 Å². The summed E-state index contributed by atoms with van der Waals surface area (Å²) in [6, 6.07) is 5.79. The van der Waals surface area contributed by atoms with Crippen molar-refractivity contribution in [3.05, 3.63) is 33.3 Å². The van der Waals surface area contributed by atoms with Crippen LogP contribution in [0.25, 0.3) is 0 Å². The fraction of sp³-hybridized carbons (Fsp3) is 0.500. The molecule has 0 radical (unpaired) electrons. The number of hydrogen-bond acceptors (Lipinski definition) is 1. The van der Waals surface area contributed by atoms with Crippen LogP contribution in [0.3, 0.4) is 0 Å². The highest BCUT2D eigenvalue weighted by Gasteiger charge is 2.29. The molecule has 1 fully saturated rings. The predicted octanol–water partition coefficient (Wildman–Crippen LogP) is 4.88. The van der Waals surface area contributed by atoms with Gasteiger partial charge in [0.2, 0.25) is 0 Å². The first-order valence-corrected chi connectivity index (χ1v) is 8.74. The zero-order valence-corrected chi connectivity index (χ0v) is 14.5. The van der Waals surface area contributed by atoms with Crippen molar-refractivity contribution in [1.29, 1.82) is 0 Å². The van der Waals surface area contributed by atoms with Crippen LogP contribution in [-0.2, 0) is 0 Å². The monoisotopic (exact) mass is 407 g/mol. The smallest absolute Gasteiger partial charge is 0.255 e. The van der Waals surface area contributed by atoms with E-state index in [9.17, 15) is 4.79 Å². The Morgan fingerprint density at radius 1 is 1.47 bits per heavy atom. The molecule has 0 saturated carbocycles. The summed E-state index contributed by atoms with van der Waals surface area (Å²) < 4.78 is 0.886. The van der Waals surface area contributed by atoms with E-state index in [1.54, 1.807) is 6.07 Å². The molecule has 1 unspecified atom stereocenters. The maximum atomic E-state index is 12.6. The maximum absolute atomic E-state index is 12.6. The van der Waals surface area contributed by atoms with E-state index >= 15 is 0 Å². The van der Waals surface area contributed by atoms with Crippen molar-refractivity contribution in [2.75, 3.05) is 11.9 Å². The van der Waals surface area contributed by atoms with Gasteiger partial charge >= 0.3 is 0 Å². The Bertz CT molecular complexity index is 467. The van der Waals surface area contributed by atoms with Crippen LogP contribution in [0.4, 0.5) is 0 Å². The third-order valence-electron chi connectivity index (χ3n) is 3.47. The van der Waals surface area contributed by atoms with E-state index in [4.69, 9.17) is 11.6 Å². The Hall–Kier alpha value is -0.0600. The summed E-state index contributed by atoms with van der Waals surface area (Å²) >= 11 is 13.0. The average molecular weight is 410 g/mol. The van der Waals surface area contributed by atoms with Gasteiger partial charge in [0.15, 0.2) is 0 Å². The van der Waals surface area contributed by atoms with Crippen molar-refractivity contribution < 1.29 is 4.79 Å². The first-order chi connectivity index (χ1) is 9.13. The van der Waals surface area contributed by atoms with Crippen molar-refractivity contribution in [3.8, 4) is 0 Å². The Morgan fingerprint density at radius 3 is 3.00 bits per heavy atom. The summed E-state index contributed by atoms with van der Waals surface area (Å²) in [5.74, 6) is 0.0587.